The molecule has 0 aromatic carbocycles. The van der Waals surface area contributed by atoms with Crippen molar-refractivity contribution in [3.05, 3.63) is 33.8 Å². The highest BCUT2D eigenvalue weighted by Crippen LogP contribution is 2.33. The lowest BCUT2D eigenvalue weighted by Gasteiger charge is -2.12. The zero-order valence-corrected chi connectivity index (χ0v) is 11.7. The molecule has 9 heteroatoms. The van der Waals surface area contributed by atoms with Crippen LogP contribution in [0.25, 0.3) is 0 Å². The number of carbonyl (C=O) groups excluding carboxylic acids is 1. The number of hydrogen-bond acceptors (Lipinski definition) is 8. The highest BCUT2D eigenvalue weighted by Gasteiger charge is 2.20. The molecule has 0 saturated carbocycles. The number of aromatic nitrogens is 3. The second-order valence-corrected chi connectivity index (χ2v) is 6.34. The summed E-state index contributed by atoms with van der Waals surface area (Å²) in [6.07, 6.45) is 4.86. The number of Topliss-reactive ketones (excluding diaryl/α,β-unsaturated/α-hetero) is 1. The summed E-state index contributed by atoms with van der Waals surface area (Å²) >= 11 is 2.15. The molecule has 0 atom stereocenters. The van der Waals surface area contributed by atoms with Gasteiger partial charge in [-0.15, -0.1) is 0 Å². The van der Waals surface area contributed by atoms with Crippen molar-refractivity contribution in [1.29, 1.82) is 0 Å². The average Bonchev–Trinajstić information content (AvgIpc) is 2.88. The van der Waals surface area contributed by atoms with Crippen LogP contribution in [0.5, 0.6) is 0 Å². The Morgan fingerprint density at radius 2 is 2.15 bits per heavy atom. The number of hydrogen-bond donors (Lipinski definition) is 0. The van der Waals surface area contributed by atoms with Crippen LogP contribution in [0.4, 0.5) is 5.00 Å². The molecule has 0 radical (unpaired) electrons. The highest BCUT2D eigenvalue weighted by atomic mass is 32.2. The van der Waals surface area contributed by atoms with Crippen molar-refractivity contribution in [2.45, 2.75) is 28.8 Å². The molecule has 0 amide bonds. The van der Waals surface area contributed by atoms with Crippen LogP contribution in [-0.2, 0) is 6.42 Å². The molecule has 7 nitrogen and oxygen atoms in total. The van der Waals surface area contributed by atoms with E-state index in [1.54, 1.807) is 0 Å². The van der Waals surface area contributed by atoms with E-state index >= 15 is 0 Å². The van der Waals surface area contributed by atoms with Crippen LogP contribution < -0.4 is 0 Å². The van der Waals surface area contributed by atoms with Gasteiger partial charge in [0.2, 0.25) is 0 Å². The zero-order chi connectivity index (χ0) is 14.1. The van der Waals surface area contributed by atoms with Gasteiger partial charge in [0, 0.05) is 12.6 Å². The Kier molecular flexibility index (Phi) is 3.45. The highest BCUT2D eigenvalue weighted by molar-refractivity contribution is 8.00. The Morgan fingerprint density at radius 1 is 1.30 bits per heavy atom. The third-order valence-corrected chi connectivity index (χ3v) is 4.70. The van der Waals surface area contributed by atoms with Crippen molar-refractivity contribution >= 4 is 33.9 Å². The Morgan fingerprint density at radius 3 is 2.90 bits per heavy atom. The van der Waals surface area contributed by atoms with Gasteiger partial charge in [-0.25, -0.2) is 15.0 Å². The van der Waals surface area contributed by atoms with Crippen LogP contribution in [0.2, 0.25) is 0 Å². The summed E-state index contributed by atoms with van der Waals surface area (Å²) in [7, 11) is 0. The van der Waals surface area contributed by atoms with Gasteiger partial charge in [-0.2, -0.15) is 0 Å². The second kappa shape index (κ2) is 5.25. The molecule has 0 bridgehead atoms. The summed E-state index contributed by atoms with van der Waals surface area (Å²) < 4.78 is 0.513. The van der Waals surface area contributed by atoms with E-state index in [1.165, 1.54) is 24.2 Å². The van der Waals surface area contributed by atoms with Gasteiger partial charge < -0.3 is 0 Å². The van der Waals surface area contributed by atoms with Crippen LogP contribution in [0, 0.1) is 10.1 Å². The van der Waals surface area contributed by atoms with Crippen molar-refractivity contribution in [2.24, 2.45) is 0 Å². The van der Waals surface area contributed by atoms with Crippen LogP contribution in [0.3, 0.4) is 0 Å². The first-order valence-corrected chi connectivity index (χ1v) is 7.44. The predicted octanol–water partition coefficient (Wildman–Crippen LogP) is 2.51. The Bertz CT molecular complexity index is 701. The van der Waals surface area contributed by atoms with Gasteiger partial charge in [-0.1, -0.05) is 0 Å². The summed E-state index contributed by atoms with van der Waals surface area (Å²) in [6, 6.07) is 0. The van der Waals surface area contributed by atoms with Gasteiger partial charge in [0.05, 0.1) is 16.2 Å². The minimum absolute atomic E-state index is 0.0133. The van der Waals surface area contributed by atoms with E-state index in [0.29, 0.717) is 21.5 Å². The monoisotopic (exact) mass is 308 g/mol. The first-order valence-electron chi connectivity index (χ1n) is 5.80. The topological polar surface area (TPSA) is 98.9 Å². The number of carbonyl (C=O) groups is 1. The van der Waals surface area contributed by atoms with Gasteiger partial charge in [0.15, 0.2) is 15.3 Å². The number of nitrogens with zero attached hydrogens (tertiary/aromatic N) is 4. The SMILES string of the molecule is O=C1CCCc2nc(Sc3ncc([N+](=O)[O-])s3)ncc21. The van der Waals surface area contributed by atoms with Crippen LogP contribution in [-0.4, -0.2) is 25.7 Å². The fourth-order valence-electron chi connectivity index (χ4n) is 1.88. The standard InChI is InChI=1S/C11H8N4O3S2/c16-8-3-1-2-7-6(8)4-12-10(14-7)20-11-13-5-9(19-11)15(17)18/h4-5H,1-3H2. The lowest BCUT2D eigenvalue weighted by molar-refractivity contribution is -0.380. The van der Waals surface area contributed by atoms with Gasteiger partial charge >= 0.3 is 5.00 Å². The molecular weight excluding hydrogens is 300 g/mol. The van der Waals surface area contributed by atoms with E-state index in [4.69, 9.17) is 0 Å². The van der Waals surface area contributed by atoms with E-state index in [-0.39, 0.29) is 10.8 Å². The lowest BCUT2D eigenvalue weighted by atomic mass is 9.96. The van der Waals surface area contributed by atoms with E-state index in [9.17, 15) is 14.9 Å². The molecule has 0 unspecified atom stereocenters. The normalized spacial score (nSPS) is 14.1. The number of rotatable bonds is 3. The molecule has 2 aromatic heterocycles. The summed E-state index contributed by atoms with van der Waals surface area (Å²) in [5, 5.41) is 11.0. The Labute approximate surface area is 121 Å². The molecule has 20 heavy (non-hydrogen) atoms. The van der Waals surface area contributed by atoms with Crippen molar-refractivity contribution < 1.29 is 9.72 Å². The fourth-order valence-corrected chi connectivity index (χ4v) is 3.52. The van der Waals surface area contributed by atoms with E-state index in [1.807, 2.05) is 0 Å². The van der Waals surface area contributed by atoms with Gasteiger partial charge in [0.1, 0.15) is 6.20 Å². The molecule has 0 aliphatic heterocycles. The number of fused-ring (bicyclic) bond motifs is 1. The maximum atomic E-state index is 11.7. The zero-order valence-electron chi connectivity index (χ0n) is 10.1. The molecule has 0 N–H and O–H groups in total. The number of aryl methyl sites for hydroxylation is 1. The van der Waals surface area contributed by atoms with E-state index in [0.717, 1.165) is 29.9 Å². The smallest absolute Gasteiger partial charge is 0.294 e. The van der Waals surface area contributed by atoms with Gasteiger partial charge in [-0.05, 0) is 35.9 Å². The Hall–Kier alpha value is -1.87. The van der Waals surface area contributed by atoms with Crippen LogP contribution >= 0.6 is 23.1 Å². The molecule has 1 aliphatic rings. The molecule has 3 rings (SSSR count). The summed E-state index contributed by atoms with van der Waals surface area (Å²) in [5.74, 6) is 0.0766. The minimum atomic E-state index is -0.478. The molecule has 2 heterocycles. The maximum absolute atomic E-state index is 11.7. The molecule has 102 valence electrons. The molecule has 0 spiro atoms. The summed E-state index contributed by atoms with van der Waals surface area (Å²) in [4.78, 5) is 34.2. The van der Waals surface area contributed by atoms with Crippen LogP contribution in [0.1, 0.15) is 28.9 Å². The third kappa shape index (κ3) is 2.54. The van der Waals surface area contributed by atoms with Gasteiger partial charge in [-0.3, -0.25) is 14.9 Å². The van der Waals surface area contributed by atoms with Crippen molar-refractivity contribution in [3.63, 3.8) is 0 Å². The molecular formula is C11H8N4O3S2. The number of thiazole rings is 1. The van der Waals surface area contributed by atoms with E-state index < -0.39 is 4.92 Å². The van der Waals surface area contributed by atoms with Crippen molar-refractivity contribution in [3.8, 4) is 0 Å². The van der Waals surface area contributed by atoms with E-state index in [2.05, 4.69) is 15.0 Å². The Balaban J connectivity index is 1.84. The summed E-state index contributed by atoms with van der Waals surface area (Å²) in [5.41, 5.74) is 1.34. The lowest BCUT2D eigenvalue weighted by Crippen LogP contribution is -2.13. The van der Waals surface area contributed by atoms with Crippen molar-refractivity contribution in [2.75, 3.05) is 0 Å². The number of nitro groups is 1. The van der Waals surface area contributed by atoms with Crippen LogP contribution in [0.15, 0.2) is 21.9 Å². The third-order valence-electron chi connectivity index (χ3n) is 2.79. The second-order valence-electron chi connectivity index (χ2n) is 4.11. The predicted molar refractivity (Wildman–Crippen MR) is 72.2 cm³/mol. The first kappa shape index (κ1) is 13.1. The quantitative estimate of drug-likeness (QED) is 0.488. The number of ketones is 1. The molecule has 1 aliphatic carbocycles. The molecule has 0 fully saturated rings. The fraction of sp³-hybridized carbons (Fsp3) is 0.273. The first-order chi connectivity index (χ1) is 9.63. The van der Waals surface area contributed by atoms with Gasteiger partial charge in [0.25, 0.3) is 0 Å². The molecule has 0 saturated heterocycles. The maximum Gasteiger partial charge on any atom is 0.344 e. The largest absolute Gasteiger partial charge is 0.344 e. The minimum Gasteiger partial charge on any atom is -0.294 e. The average molecular weight is 308 g/mol. The molecule has 2 aromatic rings. The van der Waals surface area contributed by atoms with Crippen molar-refractivity contribution in [1.82, 2.24) is 15.0 Å². The summed E-state index contributed by atoms with van der Waals surface area (Å²) in [6.45, 7) is 0.